The predicted octanol–water partition coefficient (Wildman–Crippen LogP) is 0.365. The van der Waals surface area contributed by atoms with Crippen LogP contribution in [0.15, 0.2) is 12.3 Å². The Kier molecular flexibility index (Phi) is 4.11. The van der Waals surface area contributed by atoms with Gasteiger partial charge in [-0.25, -0.2) is 0 Å². The quantitative estimate of drug-likeness (QED) is 0.792. The highest BCUT2D eigenvalue weighted by Crippen LogP contribution is 2.27. The molecule has 96 valence electrons. The van der Waals surface area contributed by atoms with Gasteiger partial charge in [-0.2, -0.15) is 18.3 Å². The minimum Gasteiger partial charge on any atom is -0.368 e. The molecule has 0 aliphatic heterocycles. The highest BCUT2D eigenvalue weighted by Gasteiger charge is 2.33. The Labute approximate surface area is 95.8 Å². The number of rotatable bonds is 5. The lowest BCUT2D eigenvalue weighted by Gasteiger charge is -2.11. The lowest BCUT2D eigenvalue weighted by atomic mass is 10.2. The van der Waals surface area contributed by atoms with E-state index in [1.54, 1.807) is 7.05 Å². The van der Waals surface area contributed by atoms with Gasteiger partial charge in [0.05, 0.1) is 6.04 Å². The zero-order valence-electron chi connectivity index (χ0n) is 9.16. The van der Waals surface area contributed by atoms with Crippen molar-refractivity contribution in [1.29, 1.82) is 0 Å². The van der Waals surface area contributed by atoms with Gasteiger partial charge < -0.3 is 11.1 Å². The van der Waals surface area contributed by atoms with E-state index in [4.69, 9.17) is 5.73 Å². The van der Waals surface area contributed by atoms with Crippen molar-refractivity contribution in [2.24, 2.45) is 5.73 Å². The molecule has 1 aromatic heterocycles. The molecule has 5 nitrogen and oxygen atoms in total. The number of hydrogen-bond donors (Lipinski definition) is 2. The summed E-state index contributed by atoms with van der Waals surface area (Å²) in [6.45, 7) is 0.185. The topological polar surface area (TPSA) is 72.9 Å². The third-order valence-electron chi connectivity index (χ3n) is 2.27. The van der Waals surface area contributed by atoms with Crippen molar-refractivity contribution in [3.05, 3.63) is 18.0 Å². The number of nitrogens with two attached hydrogens (primary N) is 1. The minimum absolute atomic E-state index is 0.185. The van der Waals surface area contributed by atoms with Crippen molar-refractivity contribution in [1.82, 2.24) is 15.1 Å². The first-order valence-corrected chi connectivity index (χ1v) is 4.92. The molecular weight excluding hydrogens is 237 g/mol. The number of nitrogens with one attached hydrogen (secondary N) is 1. The number of alkyl halides is 3. The molecular formula is C9H13F3N4O. The van der Waals surface area contributed by atoms with E-state index < -0.39 is 23.8 Å². The van der Waals surface area contributed by atoms with Crippen molar-refractivity contribution in [2.75, 3.05) is 7.05 Å². The molecule has 0 aliphatic carbocycles. The normalized spacial score (nSPS) is 13.6. The average Bonchev–Trinajstić information content (AvgIpc) is 2.66. The number of hydrogen-bond acceptors (Lipinski definition) is 3. The number of aromatic nitrogens is 2. The molecule has 0 saturated heterocycles. The Balaban J connectivity index is 2.58. The lowest BCUT2D eigenvalue weighted by Crippen LogP contribution is -2.39. The zero-order valence-corrected chi connectivity index (χ0v) is 9.16. The molecule has 8 heteroatoms. The van der Waals surface area contributed by atoms with Gasteiger partial charge in [0, 0.05) is 12.7 Å². The number of nitrogens with zero attached hydrogens (tertiary/aromatic N) is 2. The Morgan fingerprint density at radius 2 is 2.29 bits per heavy atom. The maximum atomic E-state index is 12.2. The van der Waals surface area contributed by atoms with Crippen molar-refractivity contribution in [3.8, 4) is 0 Å². The molecule has 0 radical (unpaired) electrons. The molecule has 0 aromatic carbocycles. The molecule has 3 N–H and O–H groups in total. The summed E-state index contributed by atoms with van der Waals surface area (Å²) in [5, 5.41) is 6.03. The summed E-state index contributed by atoms with van der Waals surface area (Å²) >= 11 is 0. The SMILES string of the molecule is CNC(CCn1ccc(C(F)(F)F)n1)C(N)=O. The van der Waals surface area contributed by atoms with Crippen LogP contribution >= 0.6 is 0 Å². The first-order chi connectivity index (χ1) is 7.84. The molecule has 0 aliphatic rings. The summed E-state index contributed by atoms with van der Waals surface area (Å²) in [6.07, 6.45) is -2.95. The van der Waals surface area contributed by atoms with E-state index in [1.807, 2.05) is 0 Å². The maximum Gasteiger partial charge on any atom is 0.435 e. The van der Waals surface area contributed by atoms with Crippen LogP contribution in [0.1, 0.15) is 12.1 Å². The number of halogens is 3. The van der Waals surface area contributed by atoms with Crippen LogP contribution in [-0.4, -0.2) is 28.8 Å². The van der Waals surface area contributed by atoms with Gasteiger partial charge >= 0.3 is 6.18 Å². The molecule has 1 rings (SSSR count). The van der Waals surface area contributed by atoms with Crippen LogP contribution < -0.4 is 11.1 Å². The predicted molar refractivity (Wildman–Crippen MR) is 53.9 cm³/mol. The van der Waals surface area contributed by atoms with Gasteiger partial charge in [-0.1, -0.05) is 0 Å². The van der Waals surface area contributed by atoms with Crippen molar-refractivity contribution < 1.29 is 18.0 Å². The van der Waals surface area contributed by atoms with Gasteiger partial charge in [-0.05, 0) is 19.5 Å². The summed E-state index contributed by atoms with van der Waals surface area (Å²) in [5.74, 6) is -0.546. The molecule has 1 amide bonds. The minimum atomic E-state index is -4.45. The number of carbonyl (C=O) groups excluding carboxylic acids is 1. The van der Waals surface area contributed by atoms with Gasteiger partial charge in [0.2, 0.25) is 5.91 Å². The fraction of sp³-hybridized carbons (Fsp3) is 0.556. The van der Waals surface area contributed by atoms with Gasteiger partial charge in [-0.15, -0.1) is 0 Å². The standard InChI is InChI=1S/C9H13F3N4O/c1-14-6(8(13)17)2-4-16-5-3-7(15-16)9(10,11)12/h3,5-6,14H,2,4H2,1H3,(H2,13,17). The molecule has 0 bridgehead atoms. The molecule has 1 aromatic rings. The van der Waals surface area contributed by atoms with Crippen molar-refractivity contribution >= 4 is 5.91 Å². The monoisotopic (exact) mass is 250 g/mol. The van der Waals surface area contributed by atoms with Crippen LogP contribution in [0.5, 0.6) is 0 Å². The van der Waals surface area contributed by atoms with Crippen LogP contribution in [0.4, 0.5) is 13.2 Å². The van der Waals surface area contributed by atoms with E-state index in [-0.39, 0.29) is 13.0 Å². The molecule has 1 atom stereocenters. The number of aryl methyl sites for hydroxylation is 1. The van der Waals surface area contributed by atoms with Gasteiger partial charge in [0.1, 0.15) is 0 Å². The van der Waals surface area contributed by atoms with Crippen LogP contribution in [0.2, 0.25) is 0 Å². The Morgan fingerprint density at radius 1 is 1.65 bits per heavy atom. The van der Waals surface area contributed by atoms with Gasteiger partial charge in [0.15, 0.2) is 5.69 Å². The van der Waals surface area contributed by atoms with Gasteiger partial charge in [0.25, 0.3) is 0 Å². The lowest BCUT2D eigenvalue weighted by molar-refractivity contribution is -0.141. The zero-order chi connectivity index (χ0) is 13.1. The van der Waals surface area contributed by atoms with E-state index in [0.717, 1.165) is 10.7 Å². The van der Waals surface area contributed by atoms with Crippen LogP contribution in [-0.2, 0) is 17.5 Å². The third-order valence-corrected chi connectivity index (χ3v) is 2.27. The van der Waals surface area contributed by atoms with E-state index in [9.17, 15) is 18.0 Å². The largest absolute Gasteiger partial charge is 0.435 e. The summed E-state index contributed by atoms with van der Waals surface area (Å²) in [4.78, 5) is 10.9. The maximum absolute atomic E-state index is 12.2. The summed E-state index contributed by atoms with van der Waals surface area (Å²) < 4.78 is 37.8. The van der Waals surface area contributed by atoms with Crippen molar-refractivity contribution in [3.63, 3.8) is 0 Å². The first kappa shape index (κ1) is 13.5. The molecule has 1 heterocycles. The Bertz CT molecular complexity index is 388. The molecule has 0 spiro atoms. The molecule has 0 fully saturated rings. The first-order valence-electron chi connectivity index (χ1n) is 4.92. The molecule has 17 heavy (non-hydrogen) atoms. The van der Waals surface area contributed by atoms with E-state index in [2.05, 4.69) is 10.4 Å². The summed E-state index contributed by atoms with van der Waals surface area (Å²) in [6, 6.07) is 0.312. The van der Waals surface area contributed by atoms with E-state index in [0.29, 0.717) is 0 Å². The fourth-order valence-electron chi connectivity index (χ4n) is 1.33. The Hall–Kier alpha value is -1.57. The fourth-order valence-corrected chi connectivity index (χ4v) is 1.33. The number of amides is 1. The number of likely N-dealkylation sites (N-methyl/N-ethyl adjacent to an activating group) is 1. The van der Waals surface area contributed by atoms with E-state index >= 15 is 0 Å². The van der Waals surface area contributed by atoms with Crippen molar-refractivity contribution in [2.45, 2.75) is 25.2 Å². The number of carbonyl (C=O) groups is 1. The summed E-state index contributed by atoms with van der Waals surface area (Å²) in [5.41, 5.74) is 4.13. The molecule has 0 saturated carbocycles. The second kappa shape index (κ2) is 5.17. The van der Waals surface area contributed by atoms with Crippen LogP contribution in [0.3, 0.4) is 0 Å². The average molecular weight is 250 g/mol. The highest BCUT2D eigenvalue weighted by atomic mass is 19.4. The van der Waals surface area contributed by atoms with Crippen LogP contribution in [0, 0.1) is 0 Å². The third kappa shape index (κ3) is 3.74. The Morgan fingerprint density at radius 3 is 2.71 bits per heavy atom. The molecule has 1 unspecified atom stereocenters. The number of primary amides is 1. The second-order valence-corrected chi connectivity index (χ2v) is 3.49. The highest BCUT2D eigenvalue weighted by molar-refractivity contribution is 5.79. The van der Waals surface area contributed by atoms with Gasteiger partial charge in [-0.3, -0.25) is 9.48 Å². The smallest absolute Gasteiger partial charge is 0.368 e. The summed E-state index contributed by atoms with van der Waals surface area (Å²) in [7, 11) is 1.56. The second-order valence-electron chi connectivity index (χ2n) is 3.49. The van der Waals surface area contributed by atoms with E-state index in [1.165, 1.54) is 6.20 Å². The van der Waals surface area contributed by atoms with Crippen LogP contribution in [0.25, 0.3) is 0 Å².